The number of nitrogens with zero attached hydrogens (tertiary/aromatic N) is 2. The Balaban J connectivity index is 1.94. The van der Waals surface area contributed by atoms with Crippen LogP contribution in [0, 0.1) is 0 Å². The summed E-state index contributed by atoms with van der Waals surface area (Å²) in [6.45, 7) is 3.64. The smallest absolute Gasteiger partial charge is 0.222 e. The van der Waals surface area contributed by atoms with Crippen LogP contribution >= 0.6 is 11.6 Å². The number of hydrogen-bond donors (Lipinski definition) is 0. The quantitative estimate of drug-likeness (QED) is 0.822. The van der Waals surface area contributed by atoms with Gasteiger partial charge in [0.15, 0.2) is 0 Å². The van der Waals surface area contributed by atoms with Gasteiger partial charge in [0.25, 0.3) is 0 Å². The molecule has 0 radical (unpaired) electrons. The fraction of sp³-hybridized carbons (Fsp3) is 0.533. The summed E-state index contributed by atoms with van der Waals surface area (Å²) < 4.78 is 26.3. The summed E-state index contributed by atoms with van der Waals surface area (Å²) in [5.74, 6) is 0.0739. The lowest BCUT2D eigenvalue weighted by molar-refractivity contribution is -0.132. The molecule has 0 bridgehead atoms. The molecule has 5 nitrogen and oxygen atoms in total. The van der Waals surface area contributed by atoms with Gasteiger partial charge in [0.05, 0.1) is 5.75 Å². The Labute approximate surface area is 136 Å². The van der Waals surface area contributed by atoms with Crippen LogP contribution in [0.3, 0.4) is 0 Å². The first-order valence-electron chi connectivity index (χ1n) is 7.42. The van der Waals surface area contributed by atoms with Crippen molar-refractivity contribution in [2.24, 2.45) is 0 Å². The monoisotopic (exact) mass is 344 g/mol. The van der Waals surface area contributed by atoms with E-state index in [1.165, 1.54) is 4.31 Å². The van der Waals surface area contributed by atoms with Crippen LogP contribution in [0.25, 0.3) is 0 Å². The maximum Gasteiger partial charge on any atom is 0.222 e. The van der Waals surface area contributed by atoms with E-state index in [1.807, 2.05) is 6.92 Å². The molecule has 0 saturated carbocycles. The van der Waals surface area contributed by atoms with E-state index in [-0.39, 0.29) is 11.7 Å². The fourth-order valence-corrected chi connectivity index (χ4v) is 4.11. The highest BCUT2D eigenvalue weighted by Gasteiger charge is 2.28. The molecule has 1 aliphatic heterocycles. The molecule has 0 unspecified atom stereocenters. The van der Waals surface area contributed by atoms with Crippen molar-refractivity contribution in [3.8, 4) is 0 Å². The summed E-state index contributed by atoms with van der Waals surface area (Å²) in [4.78, 5) is 13.6. The molecule has 1 fully saturated rings. The van der Waals surface area contributed by atoms with Crippen LogP contribution in [0.5, 0.6) is 0 Å². The Bertz CT molecular complexity index is 608. The number of hydrogen-bond acceptors (Lipinski definition) is 3. The van der Waals surface area contributed by atoms with Gasteiger partial charge in [-0.15, -0.1) is 0 Å². The molecule has 1 aromatic carbocycles. The van der Waals surface area contributed by atoms with Crippen LogP contribution < -0.4 is 0 Å². The van der Waals surface area contributed by atoms with Gasteiger partial charge in [-0.1, -0.05) is 30.7 Å². The molecular formula is C15H21ClN2O3S. The highest BCUT2D eigenvalue weighted by atomic mass is 35.5. The minimum Gasteiger partial charge on any atom is -0.340 e. The van der Waals surface area contributed by atoms with Crippen molar-refractivity contribution < 1.29 is 13.2 Å². The lowest BCUT2D eigenvalue weighted by atomic mass is 10.2. The largest absolute Gasteiger partial charge is 0.340 e. The zero-order chi connectivity index (χ0) is 16.2. The lowest BCUT2D eigenvalue weighted by Gasteiger charge is -2.34. The van der Waals surface area contributed by atoms with Crippen LogP contribution in [0.15, 0.2) is 24.3 Å². The van der Waals surface area contributed by atoms with Crippen molar-refractivity contribution in [2.75, 3.05) is 26.2 Å². The number of piperazine rings is 1. The molecule has 0 spiro atoms. The first-order chi connectivity index (χ1) is 10.4. The van der Waals surface area contributed by atoms with Gasteiger partial charge >= 0.3 is 0 Å². The minimum absolute atomic E-state index is 0.0346. The SMILES string of the molecule is CCCC(=O)N1CCN(S(=O)(=O)Cc2ccc(Cl)cc2)CC1. The highest BCUT2D eigenvalue weighted by molar-refractivity contribution is 7.88. The molecule has 122 valence electrons. The van der Waals surface area contributed by atoms with Crippen molar-refractivity contribution in [3.05, 3.63) is 34.9 Å². The Morgan fingerprint density at radius 3 is 2.27 bits per heavy atom. The van der Waals surface area contributed by atoms with Gasteiger partial charge in [0.2, 0.25) is 15.9 Å². The van der Waals surface area contributed by atoms with E-state index in [2.05, 4.69) is 0 Å². The molecule has 0 aromatic heterocycles. The summed E-state index contributed by atoms with van der Waals surface area (Å²) >= 11 is 5.81. The molecule has 2 rings (SSSR count). The summed E-state index contributed by atoms with van der Waals surface area (Å²) in [6, 6.07) is 6.82. The molecule has 1 saturated heterocycles. The van der Waals surface area contributed by atoms with Gasteiger partial charge in [-0.25, -0.2) is 8.42 Å². The van der Waals surface area contributed by atoms with E-state index < -0.39 is 10.0 Å². The van der Waals surface area contributed by atoms with Crippen molar-refractivity contribution in [1.82, 2.24) is 9.21 Å². The maximum absolute atomic E-state index is 12.4. The molecule has 0 N–H and O–H groups in total. The number of amides is 1. The van der Waals surface area contributed by atoms with Crippen LogP contribution in [0.1, 0.15) is 25.3 Å². The van der Waals surface area contributed by atoms with E-state index >= 15 is 0 Å². The second kappa shape index (κ2) is 7.44. The molecule has 0 aliphatic carbocycles. The van der Waals surface area contributed by atoms with Crippen LogP contribution in [0.2, 0.25) is 5.02 Å². The fourth-order valence-electron chi connectivity index (χ4n) is 2.47. The van der Waals surface area contributed by atoms with Crippen molar-refractivity contribution in [1.29, 1.82) is 0 Å². The zero-order valence-electron chi connectivity index (χ0n) is 12.7. The van der Waals surface area contributed by atoms with Gasteiger partial charge in [-0.2, -0.15) is 4.31 Å². The zero-order valence-corrected chi connectivity index (χ0v) is 14.2. The summed E-state index contributed by atoms with van der Waals surface area (Å²) in [6.07, 6.45) is 1.34. The van der Waals surface area contributed by atoms with Crippen LogP contribution in [0.4, 0.5) is 0 Å². The molecule has 1 aromatic rings. The Kier molecular flexibility index (Phi) is 5.83. The molecule has 0 atom stereocenters. The lowest BCUT2D eigenvalue weighted by Crippen LogP contribution is -2.50. The van der Waals surface area contributed by atoms with Gasteiger partial charge in [0, 0.05) is 37.6 Å². The number of rotatable bonds is 5. The summed E-state index contributed by atoms with van der Waals surface area (Å²) in [5, 5.41) is 0.587. The standard InChI is InChI=1S/C15H21ClN2O3S/c1-2-3-15(19)17-8-10-18(11-9-17)22(20,21)12-13-4-6-14(16)7-5-13/h4-7H,2-3,8-12H2,1H3. The maximum atomic E-state index is 12.4. The second-order valence-electron chi connectivity index (χ2n) is 5.41. The molecule has 1 aliphatic rings. The third kappa shape index (κ3) is 4.44. The van der Waals surface area contributed by atoms with Gasteiger partial charge < -0.3 is 4.90 Å². The van der Waals surface area contributed by atoms with Crippen molar-refractivity contribution in [3.63, 3.8) is 0 Å². The number of carbonyl (C=O) groups is 1. The second-order valence-corrected chi connectivity index (χ2v) is 7.82. The number of sulfonamides is 1. The summed E-state index contributed by atoms with van der Waals surface area (Å²) in [5.41, 5.74) is 0.717. The number of carbonyl (C=O) groups excluding carboxylic acids is 1. The number of benzene rings is 1. The van der Waals surface area contributed by atoms with Crippen molar-refractivity contribution in [2.45, 2.75) is 25.5 Å². The minimum atomic E-state index is -3.36. The molecule has 1 heterocycles. The van der Waals surface area contributed by atoms with E-state index in [1.54, 1.807) is 29.2 Å². The van der Waals surface area contributed by atoms with E-state index in [4.69, 9.17) is 11.6 Å². The average molecular weight is 345 g/mol. The Morgan fingerprint density at radius 1 is 1.14 bits per heavy atom. The molecule has 1 amide bonds. The third-order valence-electron chi connectivity index (χ3n) is 3.71. The number of halogens is 1. The predicted octanol–water partition coefficient (Wildman–Crippen LogP) is 2.11. The molecule has 7 heteroatoms. The predicted molar refractivity (Wildman–Crippen MR) is 87.1 cm³/mol. The Morgan fingerprint density at radius 2 is 1.73 bits per heavy atom. The Hall–Kier alpha value is -1.11. The van der Waals surface area contributed by atoms with E-state index in [9.17, 15) is 13.2 Å². The molecular weight excluding hydrogens is 324 g/mol. The van der Waals surface area contributed by atoms with E-state index in [0.29, 0.717) is 43.2 Å². The average Bonchev–Trinajstić information content (AvgIpc) is 2.50. The first-order valence-corrected chi connectivity index (χ1v) is 9.41. The molecule has 22 heavy (non-hydrogen) atoms. The summed E-state index contributed by atoms with van der Waals surface area (Å²) in [7, 11) is -3.36. The first kappa shape index (κ1) is 17.2. The van der Waals surface area contributed by atoms with Crippen molar-refractivity contribution >= 4 is 27.5 Å². The van der Waals surface area contributed by atoms with Gasteiger partial charge in [0.1, 0.15) is 0 Å². The third-order valence-corrected chi connectivity index (χ3v) is 5.81. The topological polar surface area (TPSA) is 57.7 Å². The van der Waals surface area contributed by atoms with E-state index in [0.717, 1.165) is 6.42 Å². The normalized spacial score (nSPS) is 16.7. The van der Waals surface area contributed by atoms with Crippen LogP contribution in [-0.4, -0.2) is 49.7 Å². The van der Waals surface area contributed by atoms with Crippen LogP contribution in [-0.2, 0) is 20.6 Å². The van der Waals surface area contributed by atoms with Gasteiger partial charge in [-0.3, -0.25) is 4.79 Å². The van der Waals surface area contributed by atoms with Gasteiger partial charge in [-0.05, 0) is 24.1 Å². The highest BCUT2D eigenvalue weighted by Crippen LogP contribution is 2.16.